The van der Waals surface area contributed by atoms with E-state index in [1.165, 1.54) is 23.9 Å². The summed E-state index contributed by atoms with van der Waals surface area (Å²) in [6, 6.07) is 6.48. The Balaban J connectivity index is 2.18. The fourth-order valence-electron chi connectivity index (χ4n) is 2.62. The highest BCUT2D eigenvalue weighted by Gasteiger charge is 2.31. The van der Waals surface area contributed by atoms with Gasteiger partial charge >= 0.3 is 0 Å². The molecule has 0 amide bonds. The van der Waals surface area contributed by atoms with Crippen molar-refractivity contribution in [3.8, 4) is 0 Å². The van der Waals surface area contributed by atoms with E-state index in [1.807, 2.05) is 20.8 Å². The minimum atomic E-state index is -0.428. The number of non-ortho nitro benzene ring substituents is 1. The number of hydrogen-bond acceptors (Lipinski definition) is 5. The van der Waals surface area contributed by atoms with Gasteiger partial charge in [-0.05, 0) is 26.3 Å². The zero-order valence-corrected chi connectivity index (χ0v) is 13.8. The van der Waals surface area contributed by atoms with Gasteiger partial charge in [0.15, 0.2) is 5.82 Å². The van der Waals surface area contributed by atoms with Gasteiger partial charge in [-0.1, -0.05) is 23.9 Å². The van der Waals surface area contributed by atoms with E-state index < -0.39 is 4.92 Å². The Morgan fingerprint density at radius 1 is 1.43 bits per heavy atom. The molecule has 2 heterocycles. The SMILES string of the molecule is CC1=Nc2c(c(=O)[nH]n2C(C)C)C(c2cccc([N+](=O)[O-])c2)S1. The zero-order chi connectivity index (χ0) is 16.7. The molecule has 23 heavy (non-hydrogen) atoms. The van der Waals surface area contributed by atoms with E-state index in [4.69, 9.17) is 0 Å². The van der Waals surface area contributed by atoms with Crippen molar-refractivity contribution in [2.45, 2.75) is 32.1 Å². The molecule has 0 fully saturated rings. The Labute approximate surface area is 136 Å². The lowest BCUT2D eigenvalue weighted by Gasteiger charge is -2.21. The molecule has 1 aliphatic heterocycles. The number of aromatic nitrogens is 2. The predicted octanol–water partition coefficient (Wildman–Crippen LogP) is 3.55. The highest BCUT2D eigenvalue weighted by atomic mass is 32.2. The molecule has 0 spiro atoms. The average Bonchev–Trinajstić information content (AvgIpc) is 2.83. The first-order chi connectivity index (χ1) is 10.9. The quantitative estimate of drug-likeness (QED) is 0.687. The smallest absolute Gasteiger partial charge is 0.268 e. The molecule has 0 aliphatic carbocycles. The number of nitrogens with zero attached hydrogens (tertiary/aromatic N) is 3. The Morgan fingerprint density at radius 2 is 2.17 bits per heavy atom. The molecule has 0 bridgehead atoms. The fourth-order valence-corrected chi connectivity index (χ4v) is 3.71. The van der Waals surface area contributed by atoms with Crippen molar-refractivity contribution in [3.63, 3.8) is 0 Å². The second-order valence-corrected chi connectivity index (χ2v) is 6.92. The molecule has 1 atom stereocenters. The topological polar surface area (TPSA) is 93.3 Å². The first-order valence-corrected chi connectivity index (χ1v) is 8.07. The van der Waals surface area contributed by atoms with Crippen molar-refractivity contribution in [1.29, 1.82) is 0 Å². The van der Waals surface area contributed by atoms with Gasteiger partial charge in [-0.3, -0.25) is 24.7 Å². The molecule has 0 saturated heterocycles. The number of benzene rings is 1. The minimum Gasteiger partial charge on any atom is -0.268 e. The molecule has 0 radical (unpaired) electrons. The summed E-state index contributed by atoms with van der Waals surface area (Å²) in [5.74, 6) is 0.609. The largest absolute Gasteiger partial charge is 0.271 e. The standard InChI is InChI=1S/C15H16N4O3S/c1-8(2)18-14-12(15(20)17-18)13(23-9(3)16-14)10-5-4-6-11(7-10)19(21)22/h4-8,13H,1-3H3,(H,17,20). The molecule has 3 rings (SSSR count). The van der Waals surface area contributed by atoms with E-state index in [0.717, 1.165) is 10.6 Å². The van der Waals surface area contributed by atoms with E-state index in [0.29, 0.717) is 11.4 Å². The normalized spacial score (nSPS) is 17.0. The maximum Gasteiger partial charge on any atom is 0.271 e. The Morgan fingerprint density at radius 3 is 2.83 bits per heavy atom. The van der Waals surface area contributed by atoms with Crippen LogP contribution in [-0.4, -0.2) is 19.7 Å². The number of H-pyrrole nitrogens is 1. The van der Waals surface area contributed by atoms with Crippen LogP contribution in [0.2, 0.25) is 0 Å². The lowest BCUT2D eigenvalue weighted by Crippen LogP contribution is -2.13. The van der Waals surface area contributed by atoms with Gasteiger partial charge < -0.3 is 0 Å². The van der Waals surface area contributed by atoms with Crippen molar-refractivity contribution in [2.24, 2.45) is 4.99 Å². The maximum atomic E-state index is 12.4. The second kappa shape index (κ2) is 5.69. The van der Waals surface area contributed by atoms with E-state index in [1.54, 1.807) is 16.8 Å². The molecular weight excluding hydrogens is 316 g/mol. The molecule has 1 unspecified atom stereocenters. The van der Waals surface area contributed by atoms with Crippen LogP contribution in [0.15, 0.2) is 34.1 Å². The van der Waals surface area contributed by atoms with Gasteiger partial charge in [-0.25, -0.2) is 4.99 Å². The van der Waals surface area contributed by atoms with Crippen molar-refractivity contribution < 1.29 is 4.92 Å². The number of thioether (sulfide) groups is 1. The van der Waals surface area contributed by atoms with Crippen LogP contribution in [0, 0.1) is 10.1 Å². The molecule has 8 heteroatoms. The Kier molecular flexibility index (Phi) is 3.85. The van der Waals surface area contributed by atoms with Gasteiger partial charge in [0, 0.05) is 18.2 Å². The van der Waals surface area contributed by atoms with Crippen LogP contribution in [0.5, 0.6) is 0 Å². The van der Waals surface area contributed by atoms with Crippen molar-refractivity contribution in [1.82, 2.24) is 9.78 Å². The molecule has 2 aromatic rings. The number of nitro benzene ring substituents is 1. The van der Waals surface area contributed by atoms with Gasteiger partial charge in [0.25, 0.3) is 11.2 Å². The molecule has 7 nitrogen and oxygen atoms in total. The number of nitro groups is 1. The van der Waals surface area contributed by atoms with Crippen LogP contribution in [0.25, 0.3) is 0 Å². The van der Waals surface area contributed by atoms with Gasteiger partial charge in [0.1, 0.15) is 0 Å². The first kappa shape index (κ1) is 15.5. The summed E-state index contributed by atoms with van der Waals surface area (Å²) in [6.45, 7) is 5.80. The van der Waals surface area contributed by atoms with E-state index in [-0.39, 0.29) is 22.5 Å². The molecule has 1 aliphatic rings. The molecule has 0 saturated carbocycles. The molecule has 1 N–H and O–H groups in total. The van der Waals surface area contributed by atoms with Gasteiger partial charge in [-0.2, -0.15) is 0 Å². The zero-order valence-electron chi connectivity index (χ0n) is 12.9. The second-order valence-electron chi connectivity index (χ2n) is 5.62. The van der Waals surface area contributed by atoms with Crippen LogP contribution >= 0.6 is 11.8 Å². The van der Waals surface area contributed by atoms with Crippen LogP contribution in [-0.2, 0) is 0 Å². The number of aromatic amines is 1. The number of nitrogens with one attached hydrogen (secondary N) is 1. The van der Waals surface area contributed by atoms with Crippen LogP contribution < -0.4 is 5.56 Å². The van der Waals surface area contributed by atoms with Crippen molar-refractivity contribution in [3.05, 3.63) is 55.9 Å². The Hall–Kier alpha value is -2.35. The first-order valence-electron chi connectivity index (χ1n) is 7.19. The summed E-state index contributed by atoms with van der Waals surface area (Å²) in [6.07, 6.45) is 0. The third-order valence-corrected chi connectivity index (χ3v) is 4.83. The van der Waals surface area contributed by atoms with Gasteiger partial charge in [0.05, 0.1) is 20.8 Å². The predicted molar refractivity (Wildman–Crippen MR) is 90.7 cm³/mol. The lowest BCUT2D eigenvalue weighted by atomic mass is 10.1. The van der Waals surface area contributed by atoms with E-state index >= 15 is 0 Å². The van der Waals surface area contributed by atoms with Crippen molar-refractivity contribution >= 4 is 28.3 Å². The van der Waals surface area contributed by atoms with Crippen LogP contribution in [0.4, 0.5) is 11.5 Å². The maximum absolute atomic E-state index is 12.4. The molecule has 120 valence electrons. The minimum absolute atomic E-state index is 0.0181. The third-order valence-electron chi connectivity index (χ3n) is 3.65. The number of rotatable bonds is 3. The summed E-state index contributed by atoms with van der Waals surface area (Å²) in [5, 5.41) is 14.4. The van der Waals surface area contributed by atoms with Gasteiger partial charge in [0.2, 0.25) is 0 Å². The van der Waals surface area contributed by atoms with E-state index in [9.17, 15) is 14.9 Å². The highest BCUT2D eigenvalue weighted by molar-refractivity contribution is 8.14. The summed E-state index contributed by atoms with van der Waals surface area (Å²) in [5.41, 5.74) is 1.10. The van der Waals surface area contributed by atoms with Crippen LogP contribution in [0.1, 0.15) is 43.2 Å². The molecule has 1 aromatic heterocycles. The highest BCUT2D eigenvalue weighted by Crippen LogP contribution is 2.44. The lowest BCUT2D eigenvalue weighted by molar-refractivity contribution is -0.384. The summed E-state index contributed by atoms with van der Waals surface area (Å²) in [4.78, 5) is 27.5. The van der Waals surface area contributed by atoms with Gasteiger partial charge in [-0.15, -0.1) is 0 Å². The van der Waals surface area contributed by atoms with E-state index in [2.05, 4.69) is 10.1 Å². The molecule has 1 aromatic carbocycles. The number of fused-ring (bicyclic) bond motifs is 1. The number of aliphatic imine (C=N–C) groups is 1. The number of hydrogen-bond donors (Lipinski definition) is 1. The monoisotopic (exact) mass is 332 g/mol. The Bertz CT molecular complexity index is 866. The molecular formula is C15H16N4O3S. The fraction of sp³-hybridized carbons (Fsp3) is 0.333. The summed E-state index contributed by atoms with van der Waals surface area (Å²) >= 11 is 1.44. The van der Waals surface area contributed by atoms with Crippen molar-refractivity contribution in [2.75, 3.05) is 0 Å². The third kappa shape index (κ3) is 2.70. The summed E-state index contributed by atoms with van der Waals surface area (Å²) < 4.78 is 1.74. The average molecular weight is 332 g/mol. The van der Waals surface area contributed by atoms with Crippen LogP contribution in [0.3, 0.4) is 0 Å². The summed E-state index contributed by atoms with van der Waals surface area (Å²) in [7, 11) is 0.